The Morgan fingerprint density at radius 3 is 2.30 bits per heavy atom. The SMILES string of the molecule is COc1cc(NC(=O)C2CCN(S(=O)(=O)c3ccc4c(c3)sc(=O)n4C)CC2)cc(OC)c1. The molecule has 0 radical (unpaired) electrons. The summed E-state index contributed by atoms with van der Waals surface area (Å²) in [6, 6.07) is 9.85. The van der Waals surface area contributed by atoms with E-state index in [4.69, 9.17) is 9.47 Å². The molecule has 1 N–H and O–H groups in total. The summed E-state index contributed by atoms with van der Waals surface area (Å²) in [5.74, 6) is 0.644. The first-order valence-electron chi connectivity index (χ1n) is 10.4. The Kier molecular flexibility index (Phi) is 6.46. The van der Waals surface area contributed by atoms with Crippen molar-refractivity contribution in [2.45, 2.75) is 17.7 Å². The van der Waals surface area contributed by atoms with Gasteiger partial charge in [0.1, 0.15) is 11.5 Å². The van der Waals surface area contributed by atoms with E-state index < -0.39 is 10.0 Å². The monoisotopic (exact) mass is 491 g/mol. The minimum atomic E-state index is -3.72. The lowest BCUT2D eigenvalue weighted by Gasteiger charge is -2.30. The van der Waals surface area contributed by atoms with Crippen molar-refractivity contribution < 1.29 is 22.7 Å². The number of hydrogen-bond acceptors (Lipinski definition) is 7. The highest BCUT2D eigenvalue weighted by molar-refractivity contribution is 7.89. The van der Waals surface area contributed by atoms with E-state index in [-0.39, 0.29) is 34.7 Å². The molecule has 9 nitrogen and oxygen atoms in total. The number of sulfonamides is 1. The number of rotatable bonds is 6. The maximum absolute atomic E-state index is 13.1. The molecule has 2 heterocycles. The lowest BCUT2D eigenvalue weighted by Crippen LogP contribution is -2.41. The molecule has 0 unspecified atom stereocenters. The van der Waals surface area contributed by atoms with Crippen molar-refractivity contribution in [3.63, 3.8) is 0 Å². The van der Waals surface area contributed by atoms with Crippen LogP contribution < -0.4 is 19.7 Å². The van der Waals surface area contributed by atoms with Crippen molar-refractivity contribution in [2.75, 3.05) is 32.6 Å². The molecule has 1 fully saturated rings. The number of carbonyl (C=O) groups is 1. The van der Waals surface area contributed by atoms with Gasteiger partial charge in [0, 0.05) is 49.9 Å². The molecule has 1 aliphatic rings. The summed E-state index contributed by atoms with van der Waals surface area (Å²) in [6.07, 6.45) is 0.820. The van der Waals surface area contributed by atoms with Crippen LogP contribution in [0.3, 0.4) is 0 Å². The molecule has 11 heteroatoms. The number of ether oxygens (including phenoxy) is 2. The maximum atomic E-state index is 13.1. The van der Waals surface area contributed by atoms with Crippen LogP contribution in [0.25, 0.3) is 10.2 Å². The molecule has 33 heavy (non-hydrogen) atoms. The van der Waals surface area contributed by atoms with Crippen LogP contribution in [0.4, 0.5) is 5.69 Å². The summed E-state index contributed by atoms with van der Waals surface area (Å²) in [4.78, 5) is 24.7. The second-order valence-electron chi connectivity index (χ2n) is 7.83. The van der Waals surface area contributed by atoms with Crippen molar-refractivity contribution in [1.29, 1.82) is 0 Å². The standard InChI is InChI=1S/C22H25N3O6S2/c1-24-19-5-4-18(13-20(19)32-22(24)27)33(28,29)25-8-6-14(7-9-25)21(26)23-15-10-16(30-2)12-17(11-15)31-3/h4-5,10-14H,6-9H2,1-3H3,(H,23,26). The zero-order valence-corrected chi connectivity index (χ0v) is 20.2. The van der Waals surface area contributed by atoms with E-state index in [0.717, 1.165) is 11.3 Å². The van der Waals surface area contributed by atoms with E-state index >= 15 is 0 Å². The highest BCUT2D eigenvalue weighted by atomic mass is 32.2. The Balaban J connectivity index is 1.44. The highest BCUT2D eigenvalue weighted by Crippen LogP contribution is 2.29. The van der Waals surface area contributed by atoms with E-state index in [2.05, 4.69) is 5.32 Å². The third kappa shape index (κ3) is 4.61. The molecule has 0 spiro atoms. The summed E-state index contributed by atoms with van der Waals surface area (Å²) < 4.78 is 40.3. The Morgan fingerprint density at radius 1 is 1.06 bits per heavy atom. The van der Waals surface area contributed by atoms with Gasteiger partial charge in [0.25, 0.3) is 0 Å². The fourth-order valence-corrected chi connectivity index (χ4v) is 6.40. The number of thiazole rings is 1. The minimum absolute atomic E-state index is 0.139. The number of amides is 1. The molecule has 0 bridgehead atoms. The predicted molar refractivity (Wildman–Crippen MR) is 127 cm³/mol. The van der Waals surface area contributed by atoms with Crippen molar-refractivity contribution in [1.82, 2.24) is 8.87 Å². The number of fused-ring (bicyclic) bond motifs is 1. The lowest BCUT2D eigenvalue weighted by molar-refractivity contribution is -0.120. The topological polar surface area (TPSA) is 107 Å². The third-order valence-electron chi connectivity index (χ3n) is 5.85. The van der Waals surface area contributed by atoms with Gasteiger partial charge in [-0.05, 0) is 31.0 Å². The number of benzene rings is 2. The number of nitrogens with one attached hydrogen (secondary N) is 1. The number of methoxy groups -OCH3 is 2. The quantitative estimate of drug-likeness (QED) is 0.568. The summed E-state index contributed by atoms with van der Waals surface area (Å²) in [6.45, 7) is 0.482. The van der Waals surface area contributed by atoms with Gasteiger partial charge in [-0.1, -0.05) is 11.3 Å². The van der Waals surface area contributed by atoms with Crippen LogP contribution in [0.2, 0.25) is 0 Å². The zero-order chi connectivity index (χ0) is 23.8. The van der Waals surface area contributed by atoms with Gasteiger partial charge in [0.15, 0.2) is 0 Å². The highest BCUT2D eigenvalue weighted by Gasteiger charge is 2.32. The molecule has 0 aliphatic carbocycles. The van der Waals surface area contributed by atoms with Crippen LogP contribution in [0.15, 0.2) is 46.1 Å². The Bertz CT molecular complexity index is 1330. The average Bonchev–Trinajstić information content (AvgIpc) is 3.11. The molecule has 4 rings (SSSR count). The van der Waals surface area contributed by atoms with E-state index in [1.807, 2.05) is 0 Å². The number of anilines is 1. The minimum Gasteiger partial charge on any atom is -0.497 e. The second kappa shape index (κ2) is 9.16. The van der Waals surface area contributed by atoms with E-state index in [1.165, 1.54) is 29.2 Å². The van der Waals surface area contributed by atoms with Crippen LogP contribution in [0.1, 0.15) is 12.8 Å². The molecule has 1 aliphatic heterocycles. The Labute approximate surface area is 195 Å². The van der Waals surface area contributed by atoms with Crippen molar-refractivity contribution in [2.24, 2.45) is 13.0 Å². The predicted octanol–water partition coefficient (Wildman–Crippen LogP) is 2.66. The largest absolute Gasteiger partial charge is 0.497 e. The van der Waals surface area contributed by atoms with Gasteiger partial charge in [-0.2, -0.15) is 4.31 Å². The van der Waals surface area contributed by atoms with E-state index in [0.29, 0.717) is 40.2 Å². The number of carbonyl (C=O) groups excluding carboxylic acids is 1. The first-order chi connectivity index (χ1) is 15.7. The Hall–Kier alpha value is -2.89. The fraction of sp³-hybridized carbons (Fsp3) is 0.364. The number of aromatic nitrogens is 1. The van der Waals surface area contributed by atoms with Crippen LogP contribution in [0, 0.1) is 5.92 Å². The van der Waals surface area contributed by atoms with Crippen molar-refractivity contribution >= 4 is 43.2 Å². The molecule has 1 saturated heterocycles. The second-order valence-corrected chi connectivity index (χ2v) is 10.8. The molecule has 0 saturated carbocycles. The van der Waals surface area contributed by atoms with Gasteiger partial charge >= 0.3 is 4.87 Å². The molecular weight excluding hydrogens is 466 g/mol. The number of nitrogens with zero attached hydrogens (tertiary/aromatic N) is 2. The van der Waals surface area contributed by atoms with Crippen molar-refractivity contribution in [3.05, 3.63) is 46.1 Å². The number of piperidine rings is 1. The summed E-state index contributed by atoms with van der Waals surface area (Å²) in [5.41, 5.74) is 1.26. The normalized spacial score (nSPS) is 15.5. The van der Waals surface area contributed by atoms with Gasteiger partial charge in [-0.25, -0.2) is 8.42 Å². The van der Waals surface area contributed by atoms with Gasteiger partial charge < -0.3 is 19.4 Å². The van der Waals surface area contributed by atoms with Crippen LogP contribution in [-0.2, 0) is 21.9 Å². The van der Waals surface area contributed by atoms with Gasteiger partial charge in [0.2, 0.25) is 15.9 Å². The fourth-order valence-electron chi connectivity index (χ4n) is 3.91. The molecular formula is C22H25N3O6S2. The van der Waals surface area contributed by atoms with Crippen LogP contribution >= 0.6 is 11.3 Å². The van der Waals surface area contributed by atoms with Crippen molar-refractivity contribution in [3.8, 4) is 11.5 Å². The number of hydrogen-bond donors (Lipinski definition) is 1. The smallest absolute Gasteiger partial charge is 0.307 e. The molecule has 1 aromatic heterocycles. The first-order valence-corrected chi connectivity index (χ1v) is 12.6. The van der Waals surface area contributed by atoms with Gasteiger partial charge in [-0.15, -0.1) is 0 Å². The van der Waals surface area contributed by atoms with Crippen LogP contribution in [0.5, 0.6) is 11.5 Å². The van der Waals surface area contributed by atoms with Gasteiger partial charge in [0.05, 0.1) is 29.3 Å². The van der Waals surface area contributed by atoms with Crippen LogP contribution in [-0.4, -0.2) is 50.5 Å². The molecule has 1 amide bonds. The molecule has 0 atom stereocenters. The summed E-state index contributed by atoms with van der Waals surface area (Å²) >= 11 is 1.02. The van der Waals surface area contributed by atoms with Gasteiger partial charge in [-0.3, -0.25) is 9.59 Å². The summed E-state index contributed by atoms with van der Waals surface area (Å²) in [5, 5.41) is 2.88. The molecule has 176 valence electrons. The first kappa shape index (κ1) is 23.3. The molecule has 2 aromatic carbocycles. The van der Waals surface area contributed by atoms with E-state index in [1.54, 1.807) is 37.4 Å². The molecule has 3 aromatic rings. The maximum Gasteiger partial charge on any atom is 0.307 e. The summed E-state index contributed by atoms with van der Waals surface area (Å²) in [7, 11) is 1.01. The van der Waals surface area contributed by atoms with E-state index in [9.17, 15) is 18.0 Å². The number of aryl methyl sites for hydroxylation is 1. The zero-order valence-electron chi connectivity index (χ0n) is 18.5. The lowest BCUT2D eigenvalue weighted by atomic mass is 9.97. The average molecular weight is 492 g/mol. The Morgan fingerprint density at radius 2 is 1.70 bits per heavy atom. The third-order valence-corrected chi connectivity index (χ3v) is 8.74.